The van der Waals surface area contributed by atoms with Gasteiger partial charge in [-0.2, -0.15) is 0 Å². The van der Waals surface area contributed by atoms with E-state index in [4.69, 9.17) is 16.3 Å². The van der Waals surface area contributed by atoms with Gasteiger partial charge in [-0.1, -0.05) is 36.7 Å². The summed E-state index contributed by atoms with van der Waals surface area (Å²) in [5.41, 5.74) is 3.31. The van der Waals surface area contributed by atoms with Gasteiger partial charge in [-0.15, -0.1) is 0 Å². The molecule has 5 atom stereocenters. The summed E-state index contributed by atoms with van der Waals surface area (Å²) in [6.45, 7) is 5.73. The Labute approximate surface area is 242 Å². The first-order valence-electron chi connectivity index (χ1n) is 14.3. The SMILES string of the molecule is C[C@@H]1C[C@H]2C/C=C/C[C@@H](O)[C@@H](C)S(=O)(=O)NC(=O)c3ccc4c(c3)N(CCCCc3cc(Cl)ccc3CO4)C[C@@H]21. The maximum absolute atomic E-state index is 13.2. The second-order valence-corrected chi connectivity index (χ2v) is 14.1. The minimum atomic E-state index is -4.09. The van der Waals surface area contributed by atoms with Crippen LogP contribution in [0.2, 0.25) is 5.02 Å². The smallest absolute Gasteiger partial charge is 0.264 e. The quantitative estimate of drug-likeness (QED) is 0.396. The lowest BCUT2D eigenvalue weighted by molar-refractivity contribution is 0.0932. The summed E-state index contributed by atoms with van der Waals surface area (Å²) >= 11 is 6.30. The lowest BCUT2D eigenvalue weighted by Crippen LogP contribution is -2.44. The van der Waals surface area contributed by atoms with Crippen molar-refractivity contribution >= 4 is 33.2 Å². The number of halogens is 1. The van der Waals surface area contributed by atoms with Crippen molar-refractivity contribution in [1.82, 2.24) is 4.72 Å². The predicted octanol–water partition coefficient (Wildman–Crippen LogP) is 5.49. The number of anilines is 1. The number of carbonyl (C=O) groups is 1. The van der Waals surface area contributed by atoms with E-state index in [2.05, 4.69) is 22.6 Å². The molecular weight excluding hydrogens is 548 g/mol. The summed E-state index contributed by atoms with van der Waals surface area (Å²) < 4.78 is 34.5. The summed E-state index contributed by atoms with van der Waals surface area (Å²) in [6, 6.07) is 11.0. The number of aryl methyl sites for hydroxylation is 1. The molecule has 0 unspecified atom stereocenters. The molecule has 5 rings (SSSR count). The second-order valence-electron chi connectivity index (χ2n) is 11.6. The van der Waals surface area contributed by atoms with Crippen LogP contribution in [0.5, 0.6) is 5.75 Å². The molecule has 2 N–H and O–H groups in total. The van der Waals surface area contributed by atoms with Crippen molar-refractivity contribution in [3.63, 3.8) is 0 Å². The highest BCUT2D eigenvalue weighted by atomic mass is 35.5. The van der Waals surface area contributed by atoms with E-state index in [-0.39, 0.29) is 12.0 Å². The highest BCUT2D eigenvalue weighted by Gasteiger charge is 2.39. The molecule has 2 aromatic rings. The third-order valence-corrected chi connectivity index (χ3v) is 10.9. The van der Waals surface area contributed by atoms with Crippen LogP contribution < -0.4 is 14.4 Å². The third kappa shape index (κ3) is 6.34. The molecule has 216 valence electrons. The predicted molar refractivity (Wildman–Crippen MR) is 158 cm³/mol. The van der Waals surface area contributed by atoms with Crippen LogP contribution in [0.1, 0.15) is 67.4 Å². The lowest BCUT2D eigenvalue weighted by atomic mass is 9.64. The average Bonchev–Trinajstić information content (AvgIpc) is 2.95. The monoisotopic (exact) mass is 586 g/mol. The van der Waals surface area contributed by atoms with E-state index in [1.54, 1.807) is 18.2 Å². The van der Waals surface area contributed by atoms with Crippen LogP contribution in [-0.2, 0) is 23.1 Å². The van der Waals surface area contributed by atoms with E-state index in [1.807, 2.05) is 24.3 Å². The van der Waals surface area contributed by atoms with Crippen molar-refractivity contribution in [1.29, 1.82) is 0 Å². The summed E-state index contributed by atoms with van der Waals surface area (Å²) in [6.07, 6.45) is 7.94. The van der Waals surface area contributed by atoms with Crippen molar-refractivity contribution < 1.29 is 23.1 Å². The maximum atomic E-state index is 13.2. The number of hydrogen-bond acceptors (Lipinski definition) is 6. The van der Waals surface area contributed by atoms with E-state index < -0.39 is 27.3 Å². The number of sulfonamides is 1. The summed E-state index contributed by atoms with van der Waals surface area (Å²) in [7, 11) is -4.09. The van der Waals surface area contributed by atoms with Gasteiger partial charge in [0, 0.05) is 23.7 Å². The number of fused-ring (bicyclic) bond motifs is 3. The van der Waals surface area contributed by atoms with Crippen LogP contribution in [0, 0.1) is 17.8 Å². The van der Waals surface area contributed by atoms with Crippen LogP contribution in [-0.4, -0.2) is 43.9 Å². The minimum absolute atomic E-state index is 0.221. The topological polar surface area (TPSA) is 95.9 Å². The molecule has 1 saturated carbocycles. The Bertz CT molecular complexity index is 1380. The zero-order valence-electron chi connectivity index (χ0n) is 23.2. The molecule has 1 fully saturated rings. The fourth-order valence-electron chi connectivity index (χ4n) is 6.22. The number of carbonyl (C=O) groups excluding carboxylic acids is 1. The Kier molecular flexibility index (Phi) is 8.78. The Balaban J connectivity index is 1.54. The molecule has 7 nitrogen and oxygen atoms in total. The van der Waals surface area contributed by atoms with E-state index in [9.17, 15) is 18.3 Å². The molecule has 2 aromatic carbocycles. The van der Waals surface area contributed by atoms with Crippen molar-refractivity contribution in [2.45, 2.75) is 70.3 Å². The van der Waals surface area contributed by atoms with Crippen LogP contribution in [0.4, 0.5) is 5.69 Å². The lowest BCUT2D eigenvalue weighted by Gasteiger charge is -2.46. The number of amides is 1. The van der Waals surface area contributed by atoms with Gasteiger partial charge in [-0.05, 0) is 105 Å². The van der Waals surface area contributed by atoms with Gasteiger partial charge in [-0.3, -0.25) is 4.79 Å². The number of aliphatic hydroxyl groups is 1. The van der Waals surface area contributed by atoms with E-state index in [0.29, 0.717) is 35.1 Å². The van der Waals surface area contributed by atoms with Gasteiger partial charge in [0.15, 0.2) is 0 Å². The van der Waals surface area contributed by atoms with E-state index in [0.717, 1.165) is 56.4 Å². The highest BCUT2D eigenvalue weighted by Crippen LogP contribution is 2.44. The number of hydrogen-bond donors (Lipinski definition) is 2. The number of aliphatic hydroxyl groups excluding tert-OH is 1. The summed E-state index contributed by atoms with van der Waals surface area (Å²) in [4.78, 5) is 15.5. The van der Waals surface area contributed by atoms with E-state index in [1.165, 1.54) is 12.5 Å². The van der Waals surface area contributed by atoms with Crippen LogP contribution in [0.25, 0.3) is 0 Å². The van der Waals surface area contributed by atoms with Crippen molar-refractivity contribution in [3.05, 3.63) is 70.3 Å². The van der Waals surface area contributed by atoms with Gasteiger partial charge in [0.25, 0.3) is 5.91 Å². The van der Waals surface area contributed by atoms with Gasteiger partial charge < -0.3 is 14.7 Å². The molecule has 0 saturated heterocycles. The fourth-order valence-corrected chi connectivity index (χ4v) is 7.50. The number of allylic oxidation sites excluding steroid dienone is 1. The molecule has 1 aliphatic carbocycles. The number of ether oxygens (including phenoxy) is 1. The molecule has 9 heteroatoms. The first kappa shape index (κ1) is 29.0. The van der Waals surface area contributed by atoms with E-state index >= 15 is 0 Å². The largest absolute Gasteiger partial charge is 0.487 e. The Morgan fingerprint density at radius 1 is 1.05 bits per heavy atom. The maximum Gasteiger partial charge on any atom is 0.264 e. The summed E-state index contributed by atoms with van der Waals surface area (Å²) in [5.74, 6) is 1.52. The number of nitrogens with one attached hydrogen (secondary N) is 1. The van der Waals surface area contributed by atoms with Gasteiger partial charge in [0.1, 0.15) is 17.6 Å². The fraction of sp³-hybridized carbons (Fsp3) is 0.516. The van der Waals surface area contributed by atoms with Crippen LogP contribution >= 0.6 is 11.6 Å². The molecule has 2 heterocycles. The zero-order chi connectivity index (χ0) is 28.4. The highest BCUT2D eigenvalue weighted by molar-refractivity contribution is 7.90. The third-order valence-electron chi connectivity index (χ3n) is 8.93. The molecule has 3 aliphatic rings. The normalized spacial score (nSPS) is 29.9. The molecule has 40 heavy (non-hydrogen) atoms. The molecular formula is C31H39ClN2O5S. The molecule has 0 spiro atoms. The van der Waals surface area contributed by atoms with Crippen LogP contribution in [0.3, 0.4) is 0 Å². The Morgan fingerprint density at radius 3 is 2.65 bits per heavy atom. The molecule has 2 aliphatic heterocycles. The average molecular weight is 587 g/mol. The number of nitrogens with zero attached hydrogens (tertiary/aromatic N) is 1. The molecule has 2 bridgehead atoms. The molecule has 1 amide bonds. The second kappa shape index (κ2) is 12.1. The molecule has 0 radical (unpaired) electrons. The van der Waals surface area contributed by atoms with Crippen molar-refractivity contribution in [3.8, 4) is 5.75 Å². The summed E-state index contributed by atoms with van der Waals surface area (Å²) in [5, 5.41) is 10.1. The van der Waals surface area contributed by atoms with Crippen LogP contribution in [0.15, 0.2) is 48.6 Å². The Hall–Kier alpha value is -2.55. The van der Waals surface area contributed by atoms with Gasteiger partial charge in [-0.25, -0.2) is 13.1 Å². The van der Waals surface area contributed by atoms with Gasteiger partial charge >= 0.3 is 0 Å². The first-order chi connectivity index (χ1) is 19.1. The van der Waals surface area contributed by atoms with Gasteiger partial charge in [0.2, 0.25) is 10.0 Å². The standard InChI is InChI=1S/C31H39ClN2O5S/c1-20-15-23-8-3-4-9-29(35)21(2)40(37,38)33-31(36)24-11-13-30-28(17-24)34(18-27(20)23)14-6-5-7-22-16-26(32)12-10-25(22)19-39-30/h3-4,10-13,16-17,20-21,23,27,29,35H,5-9,14-15,18-19H2,1-2H3,(H,33,36)/b4-3+/t20-,21-,23-,27-,29-/m1/s1. The first-order valence-corrected chi connectivity index (χ1v) is 16.2. The molecule has 0 aromatic heterocycles. The number of benzene rings is 2. The number of rotatable bonds is 0. The zero-order valence-corrected chi connectivity index (χ0v) is 24.8. The minimum Gasteiger partial charge on any atom is -0.487 e. The van der Waals surface area contributed by atoms with Crippen molar-refractivity contribution in [2.75, 3.05) is 18.0 Å². The van der Waals surface area contributed by atoms with Gasteiger partial charge in [0.05, 0.1) is 11.8 Å². The van der Waals surface area contributed by atoms with Crippen molar-refractivity contribution in [2.24, 2.45) is 17.8 Å². The Morgan fingerprint density at radius 2 is 1.85 bits per heavy atom.